The molecule has 0 radical (unpaired) electrons. The number of methoxy groups -OCH3 is 1. The zero-order valence-corrected chi connectivity index (χ0v) is 9.92. The third kappa shape index (κ3) is 3.17. The Morgan fingerprint density at radius 1 is 1.47 bits per heavy atom. The van der Waals surface area contributed by atoms with Crippen LogP contribution in [-0.2, 0) is 19.6 Å². The van der Waals surface area contributed by atoms with E-state index in [1.807, 2.05) is 0 Å². The van der Waals surface area contributed by atoms with Crippen LogP contribution in [0.15, 0.2) is 0 Å². The summed E-state index contributed by atoms with van der Waals surface area (Å²) in [5.74, 6) is -0.376. The lowest BCUT2D eigenvalue weighted by Crippen LogP contribution is -2.35. The van der Waals surface area contributed by atoms with Gasteiger partial charge in [0.05, 0.1) is 18.8 Å². The van der Waals surface area contributed by atoms with E-state index in [4.69, 9.17) is 0 Å². The third-order valence-corrected chi connectivity index (χ3v) is 4.93. The summed E-state index contributed by atoms with van der Waals surface area (Å²) >= 11 is 0. The van der Waals surface area contributed by atoms with Gasteiger partial charge in [-0.15, -0.1) is 0 Å². The number of hydrogen-bond acceptors (Lipinski definition) is 4. The molecule has 5 nitrogen and oxygen atoms in total. The lowest BCUT2D eigenvalue weighted by atomic mass is 10.4. The molecule has 88 valence electrons. The average Bonchev–Trinajstić information content (AvgIpc) is 3.01. The van der Waals surface area contributed by atoms with Crippen LogP contribution < -0.4 is 0 Å². The molecule has 1 aliphatic rings. The number of sulfonamides is 1. The van der Waals surface area contributed by atoms with Crippen molar-refractivity contribution < 1.29 is 17.9 Å². The minimum Gasteiger partial charge on any atom is -0.469 e. The van der Waals surface area contributed by atoms with E-state index in [1.165, 1.54) is 11.4 Å². The number of ether oxygens (including phenoxy) is 1. The Hall–Kier alpha value is -0.620. The molecule has 0 saturated heterocycles. The quantitative estimate of drug-likeness (QED) is 0.624. The highest BCUT2D eigenvalue weighted by atomic mass is 32.2. The topological polar surface area (TPSA) is 63.7 Å². The molecule has 0 bridgehead atoms. The highest BCUT2D eigenvalue weighted by molar-refractivity contribution is 7.90. The first kappa shape index (κ1) is 12.4. The molecule has 1 aliphatic carbocycles. The standard InChI is InChI=1S/C9H17NO4S/c1-3-10(7-6-9(11)14-2)15(12,13)8-4-5-8/h8H,3-7H2,1-2H3. The molecule has 0 amide bonds. The van der Waals surface area contributed by atoms with Crippen LogP contribution in [0.5, 0.6) is 0 Å². The van der Waals surface area contributed by atoms with Gasteiger partial charge < -0.3 is 4.74 Å². The predicted octanol–water partition coefficient (Wildman–Crippen LogP) is 0.364. The highest BCUT2D eigenvalue weighted by Gasteiger charge is 2.39. The van der Waals surface area contributed by atoms with E-state index < -0.39 is 10.0 Å². The largest absolute Gasteiger partial charge is 0.469 e. The second-order valence-corrected chi connectivity index (χ2v) is 5.78. The zero-order chi connectivity index (χ0) is 11.5. The average molecular weight is 235 g/mol. The van der Waals surface area contributed by atoms with E-state index in [9.17, 15) is 13.2 Å². The summed E-state index contributed by atoms with van der Waals surface area (Å²) < 4.78 is 29.4. The van der Waals surface area contributed by atoms with Gasteiger partial charge in [0.15, 0.2) is 0 Å². The van der Waals surface area contributed by atoms with Crippen molar-refractivity contribution in [2.24, 2.45) is 0 Å². The second-order valence-electron chi connectivity index (χ2n) is 3.56. The van der Waals surface area contributed by atoms with Gasteiger partial charge in [0, 0.05) is 13.1 Å². The molecule has 0 aromatic carbocycles. The molecule has 0 aromatic rings. The molecule has 1 rings (SSSR count). The van der Waals surface area contributed by atoms with Crippen molar-refractivity contribution in [3.8, 4) is 0 Å². The summed E-state index contributed by atoms with van der Waals surface area (Å²) in [4.78, 5) is 10.9. The van der Waals surface area contributed by atoms with Crippen LogP contribution in [0.3, 0.4) is 0 Å². The van der Waals surface area contributed by atoms with E-state index >= 15 is 0 Å². The van der Waals surface area contributed by atoms with Crippen molar-refractivity contribution >= 4 is 16.0 Å². The molecule has 1 saturated carbocycles. The fraction of sp³-hybridized carbons (Fsp3) is 0.889. The molecule has 15 heavy (non-hydrogen) atoms. The monoisotopic (exact) mass is 235 g/mol. The molecule has 0 N–H and O–H groups in total. The van der Waals surface area contributed by atoms with Gasteiger partial charge in [0.25, 0.3) is 0 Å². The van der Waals surface area contributed by atoms with Gasteiger partial charge in [-0.3, -0.25) is 4.79 Å². The number of rotatable bonds is 6. The van der Waals surface area contributed by atoms with Crippen LogP contribution >= 0.6 is 0 Å². The Balaban J connectivity index is 2.52. The van der Waals surface area contributed by atoms with Crippen LogP contribution in [0.25, 0.3) is 0 Å². The number of carbonyl (C=O) groups excluding carboxylic acids is 1. The second kappa shape index (κ2) is 4.94. The van der Waals surface area contributed by atoms with E-state index in [0.717, 1.165) is 12.8 Å². The van der Waals surface area contributed by atoms with E-state index in [1.54, 1.807) is 6.92 Å². The third-order valence-electron chi connectivity index (χ3n) is 2.45. The zero-order valence-electron chi connectivity index (χ0n) is 9.10. The summed E-state index contributed by atoms with van der Waals surface area (Å²) in [6.45, 7) is 2.41. The normalized spacial score (nSPS) is 16.7. The Kier molecular flexibility index (Phi) is 4.10. The molecule has 0 aromatic heterocycles. The minimum atomic E-state index is -3.16. The Bertz CT molecular complexity index is 321. The van der Waals surface area contributed by atoms with E-state index in [2.05, 4.69) is 4.74 Å². The van der Waals surface area contributed by atoms with Gasteiger partial charge in [-0.2, -0.15) is 0 Å². The van der Waals surface area contributed by atoms with Crippen LogP contribution in [0, 0.1) is 0 Å². The number of nitrogens with zero attached hydrogens (tertiary/aromatic N) is 1. The first-order valence-electron chi connectivity index (χ1n) is 5.08. The van der Waals surface area contributed by atoms with Gasteiger partial charge in [-0.1, -0.05) is 6.92 Å². The van der Waals surface area contributed by atoms with Gasteiger partial charge in [0.2, 0.25) is 10.0 Å². The number of hydrogen-bond donors (Lipinski definition) is 0. The van der Waals surface area contributed by atoms with Crippen molar-refractivity contribution in [2.75, 3.05) is 20.2 Å². The molecule has 6 heteroatoms. The lowest BCUT2D eigenvalue weighted by molar-refractivity contribution is -0.140. The maximum atomic E-state index is 11.8. The Labute approximate surface area is 90.4 Å². The maximum absolute atomic E-state index is 11.8. The van der Waals surface area contributed by atoms with E-state index in [-0.39, 0.29) is 24.2 Å². The van der Waals surface area contributed by atoms with Gasteiger partial charge in [-0.25, -0.2) is 12.7 Å². The van der Waals surface area contributed by atoms with Gasteiger partial charge in [-0.05, 0) is 12.8 Å². The van der Waals surface area contributed by atoms with Crippen molar-refractivity contribution in [2.45, 2.75) is 31.4 Å². The summed E-state index contributed by atoms with van der Waals surface area (Å²) in [6, 6.07) is 0. The molecule has 0 unspecified atom stereocenters. The molecule has 0 atom stereocenters. The van der Waals surface area contributed by atoms with Crippen molar-refractivity contribution in [1.82, 2.24) is 4.31 Å². The fourth-order valence-electron chi connectivity index (χ4n) is 1.36. The number of carbonyl (C=O) groups is 1. The van der Waals surface area contributed by atoms with E-state index in [0.29, 0.717) is 6.54 Å². The van der Waals surface area contributed by atoms with Crippen molar-refractivity contribution in [3.05, 3.63) is 0 Å². The first-order chi connectivity index (χ1) is 7.02. The maximum Gasteiger partial charge on any atom is 0.306 e. The molecular formula is C9H17NO4S. The SMILES string of the molecule is CCN(CCC(=O)OC)S(=O)(=O)C1CC1. The smallest absolute Gasteiger partial charge is 0.306 e. The summed E-state index contributed by atoms with van der Waals surface area (Å²) in [5.41, 5.74) is 0. The highest BCUT2D eigenvalue weighted by Crippen LogP contribution is 2.30. The van der Waals surface area contributed by atoms with Crippen LogP contribution in [0.4, 0.5) is 0 Å². The Morgan fingerprint density at radius 2 is 2.07 bits per heavy atom. The van der Waals surface area contributed by atoms with Crippen molar-refractivity contribution in [1.29, 1.82) is 0 Å². The summed E-state index contributed by atoms with van der Waals surface area (Å²) in [5, 5.41) is -0.213. The van der Waals surface area contributed by atoms with Crippen LogP contribution in [0.2, 0.25) is 0 Å². The summed E-state index contributed by atoms with van der Waals surface area (Å²) in [6.07, 6.45) is 1.62. The predicted molar refractivity (Wildman–Crippen MR) is 55.8 cm³/mol. The lowest BCUT2D eigenvalue weighted by Gasteiger charge is -2.19. The van der Waals surface area contributed by atoms with Crippen LogP contribution in [-0.4, -0.2) is 44.1 Å². The van der Waals surface area contributed by atoms with Gasteiger partial charge in [0.1, 0.15) is 0 Å². The fourth-order valence-corrected chi connectivity index (χ4v) is 3.22. The molecule has 0 aliphatic heterocycles. The van der Waals surface area contributed by atoms with Crippen LogP contribution in [0.1, 0.15) is 26.2 Å². The Morgan fingerprint density at radius 3 is 2.47 bits per heavy atom. The minimum absolute atomic E-state index is 0.121. The molecule has 1 fully saturated rings. The van der Waals surface area contributed by atoms with Crippen molar-refractivity contribution in [3.63, 3.8) is 0 Å². The molecular weight excluding hydrogens is 218 g/mol. The number of esters is 1. The van der Waals surface area contributed by atoms with Gasteiger partial charge >= 0.3 is 5.97 Å². The first-order valence-corrected chi connectivity index (χ1v) is 6.58. The molecule has 0 heterocycles. The molecule has 0 spiro atoms. The summed E-state index contributed by atoms with van der Waals surface area (Å²) in [7, 11) is -1.86.